The zero-order chi connectivity index (χ0) is 20.4. The fourth-order valence-corrected chi connectivity index (χ4v) is 4.78. The van der Waals surface area contributed by atoms with Crippen LogP contribution in [0, 0.1) is 5.92 Å². The fraction of sp³-hybridized carbons (Fsp3) is 0.591. The minimum Gasteiger partial charge on any atom is -0.468 e. The van der Waals surface area contributed by atoms with Crippen molar-refractivity contribution >= 4 is 23.5 Å². The lowest BCUT2D eigenvalue weighted by atomic mass is 9.85. The lowest BCUT2D eigenvalue weighted by molar-refractivity contribution is -0.146. The Morgan fingerprint density at radius 3 is 2.62 bits per heavy atom. The molecule has 29 heavy (non-hydrogen) atoms. The van der Waals surface area contributed by atoms with Gasteiger partial charge >= 0.3 is 5.97 Å². The van der Waals surface area contributed by atoms with E-state index in [1.165, 1.54) is 13.5 Å². The van der Waals surface area contributed by atoms with Crippen molar-refractivity contribution in [1.29, 1.82) is 0 Å². The van der Waals surface area contributed by atoms with Crippen molar-refractivity contribution in [2.45, 2.75) is 63.1 Å². The first-order chi connectivity index (χ1) is 14.1. The van der Waals surface area contributed by atoms with Crippen molar-refractivity contribution in [2.75, 3.05) is 19.0 Å². The van der Waals surface area contributed by atoms with E-state index in [1.807, 2.05) is 4.90 Å². The molecule has 3 fully saturated rings. The molecular formula is C22H29N3O4. The van der Waals surface area contributed by atoms with Gasteiger partial charge in [0, 0.05) is 12.1 Å². The summed E-state index contributed by atoms with van der Waals surface area (Å²) in [5.74, 6) is -0.199. The molecule has 1 aliphatic heterocycles. The minimum absolute atomic E-state index is 0.125. The van der Waals surface area contributed by atoms with E-state index in [9.17, 15) is 14.4 Å². The van der Waals surface area contributed by atoms with E-state index in [1.54, 1.807) is 24.3 Å². The van der Waals surface area contributed by atoms with E-state index in [0.717, 1.165) is 38.5 Å². The largest absolute Gasteiger partial charge is 0.468 e. The standard InChI is InChI=1S/C22H29N3O4/c1-29-22(28)19-12-14-6-2-5-9-18(14)25(19)13-20(26)24-17-8-4-3-7-16(17)21(27)23-15-10-11-15/h3-4,7-8,14-15,18-19H,2,5-6,9-13H2,1H3,(H,23,27)(H,24,26)/t14-,18-,19+/m1/s1. The number of esters is 1. The Morgan fingerprint density at radius 1 is 1.10 bits per heavy atom. The maximum absolute atomic E-state index is 12.9. The van der Waals surface area contributed by atoms with Gasteiger partial charge in [0.05, 0.1) is 24.9 Å². The van der Waals surface area contributed by atoms with E-state index in [4.69, 9.17) is 4.74 Å². The van der Waals surface area contributed by atoms with Crippen LogP contribution in [0.2, 0.25) is 0 Å². The number of likely N-dealkylation sites (tertiary alicyclic amines) is 1. The molecule has 2 N–H and O–H groups in total. The highest BCUT2D eigenvalue weighted by Gasteiger charge is 2.46. The summed E-state index contributed by atoms with van der Waals surface area (Å²) in [6.45, 7) is 0.125. The van der Waals surface area contributed by atoms with Crippen molar-refractivity contribution in [1.82, 2.24) is 10.2 Å². The van der Waals surface area contributed by atoms with Gasteiger partial charge in [-0.2, -0.15) is 0 Å². The molecule has 1 aromatic carbocycles. The van der Waals surface area contributed by atoms with Crippen LogP contribution in [0.3, 0.4) is 0 Å². The third-order valence-corrected chi connectivity index (χ3v) is 6.38. The molecule has 4 rings (SSSR count). The molecule has 3 atom stereocenters. The molecule has 3 aliphatic rings. The van der Waals surface area contributed by atoms with E-state index in [0.29, 0.717) is 17.2 Å². The lowest BCUT2D eigenvalue weighted by Gasteiger charge is -2.32. The van der Waals surface area contributed by atoms with Gasteiger partial charge in [-0.1, -0.05) is 25.0 Å². The molecule has 156 valence electrons. The second-order valence-corrected chi connectivity index (χ2v) is 8.40. The Bertz CT molecular complexity index is 792. The van der Waals surface area contributed by atoms with Crippen LogP contribution in [0.5, 0.6) is 0 Å². The Kier molecular flexibility index (Phi) is 5.85. The number of rotatable bonds is 6. The summed E-state index contributed by atoms with van der Waals surface area (Å²) in [6.07, 6.45) is 7.17. The van der Waals surface area contributed by atoms with Gasteiger partial charge in [0.1, 0.15) is 6.04 Å². The fourth-order valence-electron chi connectivity index (χ4n) is 4.78. The molecular weight excluding hydrogens is 370 g/mol. The second-order valence-electron chi connectivity index (χ2n) is 8.40. The second kappa shape index (κ2) is 8.53. The molecule has 1 aromatic rings. The number of anilines is 1. The van der Waals surface area contributed by atoms with Crippen LogP contribution in [0.15, 0.2) is 24.3 Å². The number of benzene rings is 1. The Morgan fingerprint density at radius 2 is 1.86 bits per heavy atom. The van der Waals surface area contributed by atoms with Crippen LogP contribution in [-0.2, 0) is 14.3 Å². The maximum Gasteiger partial charge on any atom is 0.323 e. The molecule has 7 nitrogen and oxygen atoms in total. The van der Waals surface area contributed by atoms with Crippen LogP contribution in [0.25, 0.3) is 0 Å². The van der Waals surface area contributed by atoms with E-state index < -0.39 is 0 Å². The number of hydrogen-bond donors (Lipinski definition) is 2. The number of para-hydroxylation sites is 1. The van der Waals surface area contributed by atoms with Gasteiger partial charge in [0.15, 0.2) is 0 Å². The van der Waals surface area contributed by atoms with Gasteiger partial charge in [0.2, 0.25) is 5.91 Å². The first kappa shape index (κ1) is 19.9. The van der Waals surface area contributed by atoms with Gasteiger partial charge in [-0.05, 0) is 50.2 Å². The molecule has 1 saturated heterocycles. The molecule has 7 heteroatoms. The quantitative estimate of drug-likeness (QED) is 0.717. The normalized spacial score (nSPS) is 26.4. The van der Waals surface area contributed by atoms with Crippen LogP contribution in [-0.4, -0.2) is 54.5 Å². The zero-order valence-electron chi connectivity index (χ0n) is 16.9. The third kappa shape index (κ3) is 4.45. The van der Waals surface area contributed by atoms with Gasteiger partial charge in [0.25, 0.3) is 5.91 Å². The SMILES string of the molecule is COC(=O)[C@@H]1C[C@H]2CCCC[C@H]2N1CC(=O)Nc1ccccc1C(=O)NC1CC1. The topological polar surface area (TPSA) is 87.7 Å². The number of fused-ring (bicyclic) bond motifs is 1. The van der Waals surface area contributed by atoms with Crippen molar-refractivity contribution in [3.8, 4) is 0 Å². The molecule has 0 unspecified atom stereocenters. The number of nitrogens with zero attached hydrogens (tertiary/aromatic N) is 1. The van der Waals surface area contributed by atoms with Crippen molar-refractivity contribution in [3.63, 3.8) is 0 Å². The average Bonchev–Trinajstić information content (AvgIpc) is 3.47. The molecule has 2 saturated carbocycles. The molecule has 0 aromatic heterocycles. The first-order valence-electron chi connectivity index (χ1n) is 10.6. The predicted molar refractivity (Wildman–Crippen MR) is 108 cm³/mol. The minimum atomic E-state index is -0.368. The lowest BCUT2D eigenvalue weighted by Crippen LogP contribution is -2.46. The number of nitrogens with one attached hydrogen (secondary N) is 2. The Balaban J connectivity index is 1.45. The van der Waals surface area contributed by atoms with E-state index in [-0.39, 0.29) is 42.5 Å². The average molecular weight is 399 g/mol. The number of amides is 2. The predicted octanol–water partition coefficient (Wildman–Crippen LogP) is 2.32. The zero-order valence-corrected chi connectivity index (χ0v) is 16.9. The highest BCUT2D eigenvalue weighted by atomic mass is 16.5. The summed E-state index contributed by atoms with van der Waals surface area (Å²) >= 11 is 0. The smallest absolute Gasteiger partial charge is 0.323 e. The van der Waals surface area contributed by atoms with E-state index in [2.05, 4.69) is 10.6 Å². The van der Waals surface area contributed by atoms with Crippen LogP contribution >= 0.6 is 0 Å². The van der Waals surface area contributed by atoms with Crippen LogP contribution < -0.4 is 10.6 Å². The van der Waals surface area contributed by atoms with Gasteiger partial charge in [-0.25, -0.2) is 0 Å². The Labute approximate surface area is 171 Å². The molecule has 0 bridgehead atoms. The van der Waals surface area contributed by atoms with Crippen LogP contribution in [0.4, 0.5) is 5.69 Å². The monoisotopic (exact) mass is 399 g/mol. The third-order valence-electron chi connectivity index (χ3n) is 6.38. The summed E-state index contributed by atoms with van der Waals surface area (Å²) in [5.41, 5.74) is 0.971. The van der Waals surface area contributed by atoms with Crippen molar-refractivity contribution < 1.29 is 19.1 Å². The van der Waals surface area contributed by atoms with Crippen LogP contribution in [0.1, 0.15) is 55.3 Å². The van der Waals surface area contributed by atoms with Gasteiger partial charge < -0.3 is 15.4 Å². The number of methoxy groups -OCH3 is 1. The summed E-state index contributed by atoms with van der Waals surface area (Å²) < 4.78 is 5.00. The highest BCUT2D eigenvalue weighted by Crippen LogP contribution is 2.39. The van der Waals surface area contributed by atoms with Gasteiger partial charge in [-0.15, -0.1) is 0 Å². The molecule has 2 aliphatic carbocycles. The summed E-state index contributed by atoms with van der Waals surface area (Å²) in [5, 5.41) is 5.85. The molecule has 2 amide bonds. The molecule has 0 radical (unpaired) electrons. The van der Waals surface area contributed by atoms with Gasteiger partial charge in [-0.3, -0.25) is 19.3 Å². The van der Waals surface area contributed by atoms with E-state index >= 15 is 0 Å². The van der Waals surface area contributed by atoms with Crippen molar-refractivity contribution in [2.24, 2.45) is 5.92 Å². The molecule has 1 heterocycles. The van der Waals surface area contributed by atoms with Crippen molar-refractivity contribution in [3.05, 3.63) is 29.8 Å². The Hall–Kier alpha value is -2.41. The summed E-state index contributed by atoms with van der Waals surface area (Å²) in [4.78, 5) is 39.7. The number of carbonyl (C=O) groups is 3. The molecule has 0 spiro atoms. The number of hydrogen-bond acceptors (Lipinski definition) is 5. The summed E-state index contributed by atoms with van der Waals surface area (Å²) in [7, 11) is 1.40. The maximum atomic E-state index is 12.9. The number of ether oxygens (including phenoxy) is 1. The number of carbonyl (C=O) groups excluding carboxylic acids is 3. The summed E-state index contributed by atoms with van der Waals surface area (Å²) in [6, 6.07) is 7.17. The first-order valence-corrected chi connectivity index (χ1v) is 10.6. The highest BCUT2D eigenvalue weighted by molar-refractivity contribution is 6.04.